The minimum Gasteiger partial charge on any atom is -0.497 e. The molecule has 1 aliphatic heterocycles. The van der Waals surface area contributed by atoms with Crippen molar-refractivity contribution in [3.8, 4) is 28.6 Å². The molecular formula is C25H26N4O5S. The minimum atomic E-state index is -0.455. The highest BCUT2D eigenvalue weighted by Crippen LogP contribution is 2.32. The number of nitrogens with zero attached hydrogens (tertiary/aromatic N) is 4. The van der Waals surface area contributed by atoms with Crippen molar-refractivity contribution >= 4 is 29.5 Å². The lowest BCUT2D eigenvalue weighted by Crippen LogP contribution is -2.21. The highest BCUT2D eigenvalue weighted by molar-refractivity contribution is 7.99. The number of hydrogen-bond acceptors (Lipinski definition) is 9. The number of esters is 1. The predicted octanol–water partition coefficient (Wildman–Crippen LogP) is 4.32. The van der Waals surface area contributed by atoms with Gasteiger partial charge >= 0.3 is 5.97 Å². The molecule has 0 saturated heterocycles. The van der Waals surface area contributed by atoms with Gasteiger partial charge in [0.25, 0.3) is 0 Å². The van der Waals surface area contributed by atoms with Gasteiger partial charge in [0, 0.05) is 11.3 Å². The number of thioether (sulfide) groups is 1. The van der Waals surface area contributed by atoms with E-state index in [1.54, 1.807) is 38.0 Å². The number of fused-ring (bicyclic) bond motifs is 1. The van der Waals surface area contributed by atoms with E-state index in [4.69, 9.17) is 24.0 Å². The van der Waals surface area contributed by atoms with Gasteiger partial charge in [0.2, 0.25) is 5.16 Å². The lowest BCUT2D eigenvalue weighted by atomic mass is 10.1. The number of carbonyl (C=O) groups is 1. The zero-order valence-electron chi connectivity index (χ0n) is 20.0. The molecule has 182 valence electrons. The van der Waals surface area contributed by atoms with Crippen LogP contribution in [-0.4, -0.2) is 59.7 Å². The lowest BCUT2D eigenvalue weighted by molar-refractivity contribution is -0.137. The topological polar surface area (TPSA) is 97.1 Å². The number of hydrogen-bond donors (Lipinski definition) is 0. The Morgan fingerprint density at radius 1 is 1.03 bits per heavy atom. The Kier molecular flexibility index (Phi) is 7.71. The van der Waals surface area contributed by atoms with E-state index in [1.807, 2.05) is 43.3 Å². The Hall–Kier alpha value is -3.79. The molecule has 1 aliphatic rings. The maximum Gasteiger partial charge on any atom is 0.340 e. The molecule has 3 aromatic rings. The summed E-state index contributed by atoms with van der Waals surface area (Å²) in [6.07, 6.45) is 1.75. The molecule has 0 N–H and O–H groups in total. The summed E-state index contributed by atoms with van der Waals surface area (Å²) in [6, 6.07) is 13.0. The summed E-state index contributed by atoms with van der Waals surface area (Å²) in [6.45, 7) is 4.41. The van der Waals surface area contributed by atoms with Crippen LogP contribution in [0.5, 0.6) is 17.2 Å². The molecule has 4 rings (SSSR count). The van der Waals surface area contributed by atoms with Crippen molar-refractivity contribution < 1.29 is 23.7 Å². The summed E-state index contributed by atoms with van der Waals surface area (Å²) in [7, 11) is 3.20. The van der Waals surface area contributed by atoms with Crippen LogP contribution in [-0.2, 0) is 9.53 Å². The van der Waals surface area contributed by atoms with E-state index in [-0.39, 0.29) is 6.61 Å². The SMILES string of the molecule is CCOC(=O)/C(=C\c1ccc(OC)c(OCC)c1)C1=Nn2c(nnc2-c2ccc(OC)cc2)SC1. The largest absolute Gasteiger partial charge is 0.497 e. The highest BCUT2D eigenvalue weighted by Gasteiger charge is 2.26. The lowest BCUT2D eigenvalue weighted by Gasteiger charge is -2.16. The van der Waals surface area contributed by atoms with Crippen LogP contribution in [0.3, 0.4) is 0 Å². The Balaban J connectivity index is 1.76. The quantitative estimate of drug-likeness (QED) is 0.321. The summed E-state index contributed by atoms with van der Waals surface area (Å²) in [5.41, 5.74) is 2.50. The Morgan fingerprint density at radius 3 is 2.51 bits per heavy atom. The summed E-state index contributed by atoms with van der Waals surface area (Å²) in [5.74, 6) is 2.51. The summed E-state index contributed by atoms with van der Waals surface area (Å²) >= 11 is 1.45. The second-order valence-electron chi connectivity index (χ2n) is 7.30. The summed E-state index contributed by atoms with van der Waals surface area (Å²) in [4.78, 5) is 13.0. The zero-order chi connectivity index (χ0) is 24.8. The first kappa shape index (κ1) is 24.3. The molecule has 9 nitrogen and oxygen atoms in total. The Morgan fingerprint density at radius 2 is 1.83 bits per heavy atom. The van der Waals surface area contributed by atoms with Crippen LogP contribution >= 0.6 is 11.8 Å². The summed E-state index contributed by atoms with van der Waals surface area (Å²) < 4.78 is 23.3. The van der Waals surface area contributed by atoms with Gasteiger partial charge in [-0.25, -0.2) is 4.79 Å². The van der Waals surface area contributed by atoms with Crippen molar-refractivity contribution in [1.29, 1.82) is 0 Å². The molecule has 0 saturated carbocycles. The van der Waals surface area contributed by atoms with E-state index in [0.29, 0.717) is 46.1 Å². The third-order valence-electron chi connectivity index (χ3n) is 5.12. The zero-order valence-corrected chi connectivity index (χ0v) is 20.8. The second kappa shape index (κ2) is 11.1. The number of aromatic nitrogens is 3. The minimum absolute atomic E-state index is 0.248. The van der Waals surface area contributed by atoms with E-state index < -0.39 is 5.97 Å². The van der Waals surface area contributed by atoms with Crippen molar-refractivity contribution in [3.63, 3.8) is 0 Å². The van der Waals surface area contributed by atoms with Crippen molar-refractivity contribution in [2.45, 2.75) is 19.0 Å². The van der Waals surface area contributed by atoms with E-state index in [0.717, 1.165) is 16.9 Å². The first-order chi connectivity index (χ1) is 17.1. The monoisotopic (exact) mass is 494 g/mol. The third-order valence-corrected chi connectivity index (χ3v) is 6.05. The molecule has 35 heavy (non-hydrogen) atoms. The highest BCUT2D eigenvalue weighted by atomic mass is 32.2. The van der Waals surface area contributed by atoms with Crippen LogP contribution in [0.25, 0.3) is 17.5 Å². The fourth-order valence-electron chi connectivity index (χ4n) is 3.47. The van der Waals surface area contributed by atoms with Crippen LogP contribution in [0.15, 0.2) is 58.3 Å². The molecule has 0 unspecified atom stereocenters. The van der Waals surface area contributed by atoms with Gasteiger partial charge in [-0.1, -0.05) is 17.8 Å². The van der Waals surface area contributed by atoms with Crippen LogP contribution < -0.4 is 14.2 Å². The van der Waals surface area contributed by atoms with Crippen molar-refractivity contribution in [3.05, 3.63) is 53.6 Å². The smallest absolute Gasteiger partial charge is 0.340 e. The van der Waals surface area contributed by atoms with Crippen LogP contribution in [0.1, 0.15) is 19.4 Å². The van der Waals surface area contributed by atoms with Gasteiger partial charge in [0.05, 0.1) is 38.7 Å². The molecule has 0 radical (unpaired) electrons. The average Bonchev–Trinajstić information content (AvgIpc) is 3.31. The molecule has 0 atom stereocenters. The van der Waals surface area contributed by atoms with Gasteiger partial charge < -0.3 is 18.9 Å². The fourth-order valence-corrected chi connectivity index (χ4v) is 4.29. The number of rotatable bonds is 9. The predicted molar refractivity (Wildman–Crippen MR) is 134 cm³/mol. The first-order valence-corrected chi connectivity index (χ1v) is 12.1. The van der Waals surface area contributed by atoms with Crippen molar-refractivity contribution in [2.24, 2.45) is 5.10 Å². The average molecular weight is 495 g/mol. The van der Waals surface area contributed by atoms with E-state index in [9.17, 15) is 4.79 Å². The van der Waals surface area contributed by atoms with Gasteiger partial charge in [-0.05, 0) is 61.9 Å². The van der Waals surface area contributed by atoms with E-state index in [1.165, 1.54) is 11.8 Å². The molecule has 0 amide bonds. The molecular weight excluding hydrogens is 468 g/mol. The number of carbonyl (C=O) groups excluding carboxylic acids is 1. The molecule has 0 aliphatic carbocycles. The van der Waals surface area contributed by atoms with Gasteiger partial charge in [0.1, 0.15) is 5.75 Å². The first-order valence-electron chi connectivity index (χ1n) is 11.1. The summed E-state index contributed by atoms with van der Waals surface area (Å²) in [5, 5.41) is 14.0. The van der Waals surface area contributed by atoms with Gasteiger partial charge in [-0.3, -0.25) is 0 Å². The molecule has 10 heteroatoms. The molecule has 0 fully saturated rings. The molecule has 2 heterocycles. The molecule has 0 bridgehead atoms. The maximum absolute atomic E-state index is 13.0. The molecule has 0 spiro atoms. The third kappa shape index (κ3) is 5.32. The Bertz CT molecular complexity index is 1270. The van der Waals surface area contributed by atoms with E-state index in [2.05, 4.69) is 10.2 Å². The molecule has 1 aromatic heterocycles. The van der Waals surface area contributed by atoms with Gasteiger partial charge in [0.15, 0.2) is 17.3 Å². The fraction of sp³-hybridized carbons (Fsp3) is 0.280. The van der Waals surface area contributed by atoms with Crippen LogP contribution in [0.2, 0.25) is 0 Å². The van der Waals surface area contributed by atoms with Crippen molar-refractivity contribution in [2.75, 3.05) is 33.2 Å². The van der Waals surface area contributed by atoms with Crippen LogP contribution in [0.4, 0.5) is 0 Å². The van der Waals surface area contributed by atoms with Crippen LogP contribution in [0, 0.1) is 0 Å². The van der Waals surface area contributed by atoms with Crippen molar-refractivity contribution in [1.82, 2.24) is 14.9 Å². The normalized spacial score (nSPS) is 13.0. The van der Waals surface area contributed by atoms with Gasteiger partial charge in [-0.15, -0.1) is 10.2 Å². The standard InChI is InChI=1S/C25H26N4O5S/c1-5-33-22-14-16(7-12-21(22)32-4)13-19(24(30)34-6-2)20-15-35-25-27-26-23(29(25)28-20)17-8-10-18(31-3)11-9-17/h7-14H,5-6,15H2,1-4H3/b19-13-. The second-order valence-corrected chi connectivity index (χ2v) is 8.25. The molecule has 2 aromatic carbocycles. The number of methoxy groups -OCH3 is 2. The van der Waals surface area contributed by atoms with Gasteiger partial charge in [-0.2, -0.15) is 9.78 Å². The maximum atomic E-state index is 13.0. The number of ether oxygens (including phenoxy) is 4. The van der Waals surface area contributed by atoms with E-state index >= 15 is 0 Å². The Labute approximate surface area is 207 Å². The number of benzene rings is 2.